The van der Waals surface area contributed by atoms with Crippen LogP contribution >= 0.6 is 0 Å². The van der Waals surface area contributed by atoms with E-state index in [0.717, 1.165) is 15.8 Å². The zero-order chi connectivity index (χ0) is 45.2. The number of fused-ring (bicyclic) bond motifs is 1. The number of nitrogens with zero attached hydrogens (tertiary/aromatic N) is 1. The van der Waals surface area contributed by atoms with Crippen molar-refractivity contribution >= 4 is 64.1 Å². The van der Waals surface area contributed by atoms with Gasteiger partial charge >= 0.3 is 0 Å². The van der Waals surface area contributed by atoms with Crippen LogP contribution in [0.25, 0.3) is 10.9 Å². The molecule has 1 aliphatic rings. The maximum absolute atomic E-state index is 14.1. The summed E-state index contributed by atoms with van der Waals surface area (Å²) in [6.45, 7) is 1.16. The van der Waals surface area contributed by atoms with Gasteiger partial charge in [-0.1, -0.05) is 55.5 Å². The van der Waals surface area contributed by atoms with E-state index in [1.807, 2.05) is 24.3 Å². The van der Waals surface area contributed by atoms with Crippen molar-refractivity contribution in [2.75, 3.05) is 32.7 Å². The molecule has 0 spiro atoms. The number of aromatic amines is 1. The van der Waals surface area contributed by atoms with E-state index in [1.54, 1.807) is 43.5 Å². The molecule has 0 radical (unpaired) electrons. The van der Waals surface area contributed by atoms with Gasteiger partial charge in [0.2, 0.25) is 53.2 Å². The van der Waals surface area contributed by atoms with Crippen LogP contribution in [0.15, 0.2) is 60.8 Å². The highest BCUT2D eigenvalue weighted by molar-refractivity contribution is 5.97. The van der Waals surface area contributed by atoms with Crippen LogP contribution in [0.1, 0.15) is 57.1 Å². The van der Waals surface area contributed by atoms with E-state index in [-0.39, 0.29) is 32.4 Å². The third-order valence-electron chi connectivity index (χ3n) is 10.2. The summed E-state index contributed by atoms with van der Waals surface area (Å²) in [6.07, 6.45) is 2.23. The van der Waals surface area contributed by atoms with Crippen molar-refractivity contribution in [3.05, 3.63) is 71.9 Å². The van der Waals surface area contributed by atoms with Crippen LogP contribution < -0.4 is 48.7 Å². The van der Waals surface area contributed by atoms with Crippen molar-refractivity contribution in [2.24, 2.45) is 11.5 Å². The quantitative estimate of drug-likeness (QED) is 0.100. The lowest BCUT2D eigenvalue weighted by Crippen LogP contribution is -2.57. The lowest BCUT2D eigenvalue weighted by atomic mass is 10.0. The minimum absolute atomic E-state index is 0.00529. The molecule has 20 heteroatoms. The Morgan fingerprint density at radius 3 is 2.24 bits per heavy atom. The van der Waals surface area contributed by atoms with E-state index in [0.29, 0.717) is 30.4 Å². The van der Waals surface area contributed by atoms with Crippen molar-refractivity contribution in [3.8, 4) is 0 Å². The molecule has 20 nitrogen and oxygen atoms in total. The third-order valence-corrected chi connectivity index (χ3v) is 10.2. The smallest absolute Gasteiger partial charge is 0.246 e. The largest absolute Gasteiger partial charge is 0.368 e. The van der Waals surface area contributed by atoms with Crippen molar-refractivity contribution in [2.45, 2.75) is 89.0 Å². The number of carbonyl (C=O) groups is 9. The molecule has 9 amide bonds. The second-order valence-electron chi connectivity index (χ2n) is 15.1. The zero-order valence-corrected chi connectivity index (χ0v) is 34.9. The van der Waals surface area contributed by atoms with Gasteiger partial charge in [-0.25, -0.2) is 0 Å². The van der Waals surface area contributed by atoms with Gasteiger partial charge in [0.15, 0.2) is 0 Å². The monoisotopic (exact) mass is 859 g/mol. The van der Waals surface area contributed by atoms with Crippen LogP contribution in [0.2, 0.25) is 0 Å². The van der Waals surface area contributed by atoms with Gasteiger partial charge in [-0.3, -0.25) is 43.2 Å². The molecule has 3 aromatic rings. The number of primary amides is 1. The minimum Gasteiger partial charge on any atom is -0.368 e. The first kappa shape index (κ1) is 47.8. The number of benzene rings is 2. The number of nitrogens with two attached hydrogens (primary N) is 2. The zero-order valence-electron chi connectivity index (χ0n) is 34.9. The molecule has 62 heavy (non-hydrogen) atoms. The second-order valence-corrected chi connectivity index (χ2v) is 15.1. The van der Waals surface area contributed by atoms with Crippen LogP contribution in [0.4, 0.5) is 0 Å². The van der Waals surface area contributed by atoms with Crippen LogP contribution in [0, 0.1) is 0 Å². The van der Waals surface area contributed by atoms with E-state index in [2.05, 4.69) is 42.2 Å². The van der Waals surface area contributed by atoms with Gasteiger partial charge in [-0.05, 0) is 42.9 Å². The van der Waals surface area contributed by atoms with Crippen LogP contribution in [0.5, 0.6) is 0 Å². The maximum Gasteiger partial charge on any atom is 0.246 e. The Morgan fingerprint density at radius 1 is 0.839 bits per heavy atom. The molecule has 5 atom stereocenters. The lowest BCUT2D eigenvalue weighted by Gasteiger charge is -2.30. The van der Waals surface area contributed by atoms with Gasteiger partial charge in [-0.15, -0.1) is 0 Å². The number of hydrogen-bond acceptors (Lipinski definition) is 10. The highest BCUT2D eigenvalue weighted by Gasteiger charge is 2.32. The Kier molecular flexibility index (Phi) is 18.4. The van der Waals surface area contributed by atoms with E-state index in [1.165, 1.54) is 6.92 Å². The summed E-state index contributed by atoms with van der Waals surface area (Å²) in [5, 5.41) is 18.8. The van der Waals surface area contributed by atoms with Crippen molar-refractivity contribution in [1.29, 1.82) is 0 Å². The fraction of sp³-hybridized carbons (Fsp3) is 0.452. The SMILES string of the molecule is CCC(N)CN1CC(=O)NC(Cc2ccccc2)C(=O)NCC(=O)N[C@@H](Cc2c[nH]c3ccccc23)C(=O)NC(C(N)=O)CCCCNC(=O)CC(NC(=O)CNC(C)=O)C1=O. The molecule has 2 heterocycles. The summed E-state index contributed by atoms with van der Waals surface area (Å²) >= 11 is 0. The predicted octanol–water partition coefficient (Wildman–Crippen LogP) is -2.11. The number of H-pyrrole nitrogens is 1. The first-order chi connectivity index (χ1) is 29.6. The van der Waals surface area contributed by atoms with Crippen LogP contribution in [0.3, 0.4) is 0 Å². The normalized spacial score (nSPS) is 21.0. The standard InChI is InChI=1S/C42H57N11O9/c1-3-28(43)23-53-24-38(58)50-32(17-26-11-5-4-6-12-26)40(60)48-22-37(57)49-33(18-27-20-47-30-14-8-7-13-29(27)30)41(61)52-31(39(44)59)15-9-10-16-45-35(55)19-34(42(53)62)51-36(56)21-46-25(2)54/h4-8,11-14,20,28,31-34,47H,3,9-10,15-19,21-24,43H2,1-2H3,(H2,44,59)(H,45,55)(H,46,54)(H,48,60)(H,49,57)(H,50,58)(H,51,56)(H,52,61)/t28?,31?,32?,33-,34?/m0/s1. The number of hydrogen-bond donors (Lipinski definition) is 10. The molecule has 4 unspecified atom stereocenters. The highest BCUT2D eigenvalue weighted by atomic mass is 16.2. The summed E-state index contributed by atoms with van der Waals surface area (Å²) in [6, 6.07) is 10.3. The Labute approximate surface area is 358 Å². The maximum atomic E-state index is 14.1. The summed E-state index contributed by atoms with van der Waals surface area (Å²) < 4.78 is 0. The van der Waals surface area contributed by atoms with Crippen LogP contribution in [-0.4, -0.2) is 126 Å². The van der Waals surface area contributed by atoms with Gasteiger partial charge in [0.05, 0.1) is 26.1 Å². The molecule has 2 aromatic carbocycles. The summed E-state index contributed by atoms with van der Waals surface area (Å²) in [5.74, 6) is -6.57. The molecular weight excluding hydrogens is 803 g/mol. The van der Waals surface area contributed by atoms with E-state index in [4.69, 9.17) is 11.5 Å². The van der Waals surface area contributed by atoms with Crippen molar-refractivity contribution < 1.29 is 43.2 Å². The van der Waals surface area contributed by atoms with Crippen LogP contribution in [-0.2, 0) is 56.0 Å². The van der Waals surface area contributed by atoms with Gasteiger partial charge in [0.1, 0.15) is 24.2 Å². The second kappa shape index (κ2) is 23.8. The summed E-state index contributed by atoms with van der Waals surface area (Å²) in [7, 11) is 0. The van der Waals surface area contributed by atoms with E-state index >= 15 is 0 Å². The number of aromatic nitrogens is 1. The molecule has 0 aliphatic carbocycles. The van der Waals surface area contributed by atoms with E-state index < -0.39 is 109 Å². The first-order valence-electron chi connectivity index (χ1n) is 20.5. The molecule has 0 bridgehead atoms. The molecule has 1 saturated heterocycles. The van der Waals surface area contributed by atoms with Gasteiger partial charge in [0, 0.05) is 56.0 Å². The fourth-order valence-electron chi connectivity index (χ4n) is 6.77. The topological polar surface area (TPSA) is 309 Å². The average Bonchev–Trinajstić information content (AvgIpc) is 3.65. The van der Waals surface area contributed by atoms with Crippen molar-refractivity contribution in [1.82, 2.24) is 47.1 Å². The number of amides is 9. The van der Waals surface area contributed by atoms with Gasteiger partial charge < -0.3 is 58.6 Å². The predicted molar refractivity (Wildman–Crippen MR) is 227 cm³/mol. The molecule has 12 N–H and O–H groups in total. The Bertz CT molecular complexity index is 2080. The van der Waals surface area contributed by atoms with Crippen molar-refractivity contribution in [3.63, 3.8) is 0 Å². The Hall–Kier alpha value is -6.83. The molecule has 0 saturated carbocycles. The number of nitrogens with one attached hydrogen (secondary N) is 8. The number of carbonyl (C=O) groups excluding carboxylic acids is 9. The Morgan fingerprint density at radius 2 is 1.53 bits per heavy atom. The molecular formula is C42H57N11O9. The first-order valence-corrected chi connectivity index (χ1v) is 20.5. The highest BCUT2D eigenvalue weighted by Crippen LogP contribution is 2.19. The summed E-state index contributed by atoms with van der Waals surface area (Å²) in [4.78, 5) is 123. The molecule has 1 aromatic heterocycles. The van der Waals surface area contributed by atoms with Gasteiger partial charge in [0.25, 0.3) is 0 Å². The molecule has 4 rings (SSSR count). The summed E-state index contributed by atoms with van der Waals surface area (Å²) in [5.41, 5.74) is 14.1. The molecule has 334 valence electrons. The molecule has 1 fully saturated rings. The Balaban J connectivity index is 1.65. The number of rotatable bonds is 11. The average molecular weight is 860 g/mol. The third kappa shape index (κ3) is 15.3. The number of para-hydroxylation sites is 1. The van der Waals surface area contributed by atoms with Gasteiger partial charge in [-0.2, -0.15) is 0 Å². The fourth-order valence-corrected chi connectivity index (χ4v) is 6.77. The van der Waals surface area contributed by atoms with E-state index in [9.17, 15) is 43.2 Å². The minimum atomic E-state index is -1.50. The lowest BCUT2D eigenvalue weighted by molar-refractivity contribution is -0.141. The molecule has 1 aliphatic heterocycles.